The molecule has 94 valence electrons. The molecule has 0 unspecified atom stereocenters. The van der Waals surface area contributed by atoms with E-state index in [1.54, 1.807) is 0 Å². The fraction of sp³-hybridized carbons (Fsp3) is 0.0625. The van der Waals surface area contributed by atoms with Gasteiger partial charge in [0.05, 0.1) is 5.71 Å². The molecule has 2 aromatic carbocycles. The summed E-state index contributed by atoms with van der Waals surface area (Å²) in [6.07, 6.45) is 2.57. The number of para-hydroxylation sites is 1. The van der Waals surface area contributed by atoms with Gasteiger partial charge >= 0.3 is 0 Å². The van der Waals surface area contributed by atoms with E-state index in [4.69, 9.17) is 0 Å². The quantitative estimate of drug-likeness (QED) is 0.416. The smallest absolute Gasteiger partial charge is 0.0912 e. The van der Waals surface area contributed by atoms with Gasteiger partial charge in [-0.15, -0.1) is 0 Å². The normalized spacial score (nSPS) is 11.9. The number of oxime groups is 1. The van der Waals surface area contributed by atoms with Crippen LogP contribution in [0.25, 0.3) is 10.9 Å². The summed E-state index contributed by atoms with van der Waals surface area (Å²) in [6.45, 7) is 0. The molecule has 0 bridgehead atoms. The van der Waals surface area contributed by atoms with Crippen molar-refractivity contribution in [2.24, 2.45) is 5.16 Å². The van der Waals surface area contributed by atoms with Gasteiger partial charge in [0.2, 0.25) is 0 Å². The maximum Gasteiger partial charge on any atom is 0.0912 e. The van der Waals surface area contributed by atoms with Gasteiger partial charge in [0.25, 0.3) is 0 Å². The second-order valence-electron chi connectivity index (χ2n) is 4.45. The molecule has 0 atom stereocenters. The lowest BCUT2D eigenvalue weighted by atomic mass is 10.0. The number of benzene rings is 2. The van der Waals surface area contributed by atoms with E-state index < -0.39 is 0 Å². The van der Waals surface area contributed by atoms with Crippen LogP contribution in [0.3, 0.4) is 0 Å². The summed E-state index contributed by atoms with van der Waals surface area (Å²) in [4.78, 5) is 3.23. The van der Waals surface area contributed by atoms with Gasteiger partial charge in [-0.2, -0.15) is 0 Å². The molecule has 0 fully saturated rings. The average molecular weight is 250 g/mol. The van der Waals surface area contributed by atoms with Gasteiger partial charge in [-0.1, -0.05) is 53.7 Å². The first-order valence-corrected chi connectivity index (χ1v) is 6.20. The minimum absolute atomic E-state index is 0.602. The van der Waals surface area contributed by atoms with E-state index in [2.05, 4.69) is 16.2 Å². The Morgan fingerprint density at radius 3 is 2.53 bits per heavy atom. The highest BCUT2D eigenvalue weighted by Gasteiger charge is 2.09. The molecule has 1 aromatic heterocycles. The predicted molar refractivity (Wildman–Crippen MR) is 76.8 cm³/mol. The summed E-state index contributed by atoms with van der Waals surface area (Å²) >= 11 is 0. The Morgan fingerprint density at radius 2 is 1.74 bits per heavy atom. The lowest BCUT2D eigenvalue weighted by Gasteiger charge is -2.03. The number of rotatable bonds is 3. The van der Waals surface area contributed by atoms with E-state index in [-0.39, 0.29) is 0 Å². The third-order valence-corrected chi connectivity index (χ3v) is 3.26. The second kappa shape index (κ2) is 4.98. The van der Waals surface area contributed by atoms with E-state index in [0.29, 0.717) is 12.1 Å². The van der Waals surface area contributed by atoms with Crippen LogP contribution in [-0.2, 0) is 6.42 Å². The maximum absolute atomic E-state index is 9.23. The summed E-state index contributed by atoms with van der Waals surface area (Å²) in [6, 6.07) is 17.8. The van der Waals surface area contributed by atoms with Crippen molar-refractivity contribution < 1.29 is 5.21 Å². The Kier molecular flexibility index (Phi) is 3.02. The standard InChI is InChI=1S/C16H14N2O/c19-18-16(12-6-2-1-3-7-12)10-13-11-17-15-9-5-4-8-14(13)15/h1-9,11,17,19H,10H2/b18-16+. The molecular weight excluding hydrogens is 236 g/mol. The van der Waals surface area contributed by atoms with Crippen molar-refractivity contribution in [1.82, 2.24) is 4.98 Å². The van der Waals surface area contributed by atoms with Crippen LogP contribution in [0.1, 0.15) is 11.1 Å². The molecule has 3 nitrogen and oxygen atoms in total. The van der Waals surface area contributed by atoms with Crippen LogP contribution in [0.15, 0.2) is 65.9 Å². The third kappa shape index (κ3) is 2.22. The number of nitrogens with zero attached hydrogens (tertiary/aromatic N) is 1. The number of hydrogen-bond acceptors (Lipinski definition) is 2. The molecule has 0 spiro atoms. The summed E-state index contributed by atoms with van der Waals surface area (Å²) in [5.41, 5.74) is 3.84. The lowest BCUT2D eigenvalue weighted by molar-refractivity contribution is 0.318. The van der Waals surface area contributed by atoms with Crippen molar-refractivity contribution in [2.45, 2.75) is 6.42 Å². The van der Waals surface area contributed by atoms with Crippen molar-refractivity contribution in [3.05, 3.63) is 71.9 Å². The van der Waals surface area contributed by atoms with Crippen LogP contribution >= 0.6 is 0 Å². The zero-order chi connectivity index (χ0) is 13.1. The monoisotopic (exact) mass is 250 g/mol. The Morgan fingerprint density at radius 1 is 1.00 bits per heavy atom. The van der Waals surface area contributed by atoms with Crippen molar-refractivity contribution in [2.75, 3.05) is 0 Å². The Hall–Kier alpha value is -2.55. The highest BCUT2D eigenvalue weighted by molar-refractivity contribution is 6.03. The topological polar surface area (TPSA) is 48.4 Å². The van der Waals surface area contributed by atoms with Crippen molar-refractivity contribution in [1.29, 1.82) is 0 Å². The van der Waals surface area contributed by atoms with Crippen molar-refractivity contribution in [3.63, 3.8) is 0 Å². The van der Waals surface area contributed by atoms with Crippen molar-refractivity contribution in [3.8, 4) is 0 Å². The zero-order valence-electron chi connectivity index (χ0n) is 10.4. The molecule has 0 saturated heterocycles. The minimum atomic E-state index is 0.602. The molecule has 0 aliphatic carbocycles. The van der Waals surface area contributed by atoms with Gasteiger partial charge in [-0.3, -0.25) is 0 Å². The molecule has 19 heavy (non-hydrogen) atoms. The van der Waals surface area contributed by atoms with E-state index in [9.17, 15) is 5.21 Å². The van der Waals surface area contributed by atoms with Crippen LogP contribution in [0, 0.1) is 0 Å². The summed E-state index contributed by atoms with van der Waals surface area (Å²) in [5.74, 6) is 0. The number of nitrogens with one attached hydrogen (secondary N) is 1. The minimum Gasteiger partial charge on any atom is -0.411 e. The largest absolute Gasteiger partial charge is 0.411 e. The van der Waals surface area contributed by atoms with E-state index in [1.807, 2.05) is 54.7 Å². The molecule has 0 radical (unpaired) electrons. The molecule has 3 aromatic rings. The Balaban J connectivity index is 1.96. The van der Waals surface area contributed by atoms with Gasteiger partial charge in [0, 0.05) is 23.5 Å². The molecule has 1 heterocycles. The number of aromatic amines is 1. The first-order chi connectivity index (χ1) is 9.38. The van der Waals surface area contributed by atoms with Gasteiger partial charge in [-0.05, 0) is 17.2 Å². The molecule has 2 N–H and O–H groups in total. The Bertz CT molecular complexity index is 714. The lowest BCUT2D eigenvalue weighted by Crippen LogP contribution is -2.04. The summed E-state index contributed by atoms with van der Waals surface area (Å²) < 4.78 is 0. The molecule has 0 aliphatic heterocycles. The fourth-order valence-electron chi connectivity index (χ4n) is 2.28. The van der Waals surface area contributed by atoms with E-state index in [0.717, 1.165) is 16.6 Å². The highest BCUT2D eigenvalue weighted by atomic mass is 16.4. The average Bonchev–Trinajstić information content (AvgIpc) is 2.89. The number of aromatic nitrogens is 1. The fourth-order valence-corrected chi connectivity index (χ4v) is 2.28. The number of hydrogen-bond donors (Lipinski definition) is 2. The molecule has 3 rings (SSSR count). The second-order valence-corrected chi connectivity index (χ2v) is 4.45. The highest BCUT2D eigenvalue weighted by Crippen LogP contribution is 2.19. The van der Waals surface area contributed by atoms with Crippen LogP contribution in [0.5, 0.6) is 0 Å². The first-order valence-electron chi connectivity index (χ1n) is 6.20. The van der Waals surface area contributed by atoms with Gasteiger partial charge in [0.15, 0.2) is 0 Å². The van der Waals surface area contributed by atoms with Crippen LogP contribution in [0.4, 0.5) is 0 Å². The van der Waals surface area contributed by atoms with E-state index in [1.165, 1.54) is 5.39 Å². The summed E-state index contributed by atoms with van der Waals surface area (Å²) in [5, 5.41) is 13.8. The maximum atomic E-state index is 9.23. The van der Waals surface area contributed by atoms with E-state index >= 15 is 0 Å². The molecule has 0 aliphatic rings. The van der Waals surface area contributed by atoms with Crippen LogP contribution in [-0.4, -0.2) is 15.9 Å². The molecular formula is C16H14N2O. The molecule has 0 amide bonds. The first kappa shape index (κ1) is 11.5. The molecule has 3 heteroatoms. The van der Waals surface area contributed by atoms with Gasteiger partial charge < -0.3 is 10.2 Å². The third-order valence-electron chi connectivity index (χ3n) is 3.26. The number of fused-ring (bicyclic) bond motifs is 1. The van der Waals surface area contributed by atoms with Gasteiger partial charge in [0.1, 0.15) is 0 Å². The predicted octanol–water partition coefficient (Wildman–Crippen LogP) is 3.59. The number of H-pyrrole nitrogens is 1. The molecule has 0 saturated carbocycles. The van der Waals surface area contributed by atoms with Crippen LogP contribution in [0.2, 0.25) is 0 Å². The zero-order valence-corrected chi connectivity index (χ0v) is 10.4. The SMILES string of the molecule is O/N=C(\Cc1c[nH]c2ccccc12)c1ccccc1. The van der Waals surface area contributed by atoms with Gasteiger partial charge in [-0.25, -0.2) is 0 Å². The summed E-state index contributed by atoms with van der Waals surface area (Å²) in [7, 11) is 0. The van der Waals surface area contributed by atoms with Crippen LogP contribution < -0.4 is 0 Å². The van der Waals surface area contributed by atoms with Crippen molar-refractivity contribution >= 4 is 16.6 Å². The Labute approximate surface area is 111 Å².